The van der Waals surface area contributed by atoms with Gasteiger partial charge in [0.25, 0.3) is 0 Å². The average Bonchev–Trinajstić information content (AvgIpc) is 2.36. The number of hydrogen-bond donors (Lipinski definition) is 2. The van der Waals surface area contributed by atoms with E-state index in [4.69, 9.17) is 4.74 Å². The molecule has 0 amide bonds. The lowest BCUT2D eigenvalue weighted by Crippen LogP contribution is -2.34. The van der Waals surface area contributed by atoms with Crippen molar-refractivity contribution in [2.24, 2.45) is 0 Å². The summed E-state index contributed by atoms with van der Waals surface area (Å²) in [7, 11) is 0. The van der Waals surface area contributed by atoms with Gasteiger partial charge in [-0.1, -0.05) is 22.9 Å². The number of hydrogen-bond acceptors (Lipinski definition) is 3. The molecule has 0 radical (unpaired) electrons. The molecule has 0 fully saturated rings. The van der Waals surface area contributed by atoms with Crippen LogP contribution < -0.4 is 5.32 Å². The van der Waals surface area contributed by atoms with Crippen molar-refractivity contribution >= 4 is 15.9 Å². The molecule has 0 heterocycles. The number of halogens is 1. The lowest BCUT2D eigenvalue weighted by Gasteiger charge is -2.23. The molecule has 2 unspecified atom stereocenters. The Morgan fingerprint density at radius 3 is 2.72 bits per heavy atom. The second kappa shape index (κ2) is 7.77. The van der Waals surface area contributed by atoms with Crippen molar-refractivity contribution in [1.82, 2.24) is 5.32 Å². The summed E-state index contributed by atoms with van der Waals surface area (Å²) in [4.78, 5) is 0. The molecule has 2 atom stereocenters. The molecule has 3 nitrogen and oxygen atoms in total. The van der Waals surface area contributed by atoms with Gasteiger partial charge in [0.15, 0.2) is 0 Å². The lowest BCUT2D eigenvalue weighted by molar-refractivity contribution is 0.123. The Labute approximate surface area is 118 Å². The Morgan fingerprint density at radius 1 is 1.39 bits per heavy atom. The molecule has 2 N–H and O–H groups in total. The summed E-state index contributed by atoms with van der Waals surface area (Å²) >= 11 is 3.44. The van der Waals surface area contributed by atoms with Crippen LogP contribution >= 0.6 is 15.9 Å². The number of phenols is 1. The molecule has 4 heteroatoms. The summed E-state index contributed by atoms with van der Waals surface area (Å²) in [6.07, 6.45) is 0.917. The van der Waals surface area contributed by atoms with E-state index < -0.39 is 0 Å². The van der Waals surface area contributed by atoms with Crippen LogP contribution in [0.1, 0.15) is 38.8 Å². The van der Waals surface area contributed by atoms with Gasteiger partial charge < -0.3 is 15.2 Å². The van der Waals surface area contributed by atoms with Gasteiger partial charge in [0, 0.05) is 28.7 Å². The number of aromatic hydroxyl groups is 1. The highest BCUT2D eigenvalue weighted by atomic mass is 79.9. The second-order valence-electron chi connectivity index (χ2n) is 4.39. The maximum atomic E-state index is 9.93. The quantitative estimate of drug-likeness (QED) is 0.807. The van der Waals surface area contributed by atoms with Crippen LogP contribution in [0, 0.1) is 0 Å². The molecule has 1 rings (SSSR count). The van der Waals surface area contributed by atoms with Crippen LogP contribution in [-0.2, 0) is 4.74 Å². The van der Waals surface area contributed by atoms with E-state index in [0.29, 0.717) is 12.4 Å². The van der Waals surface area contributed by atoms with Crippen LogP contribution in [0.25, 0.3) is 0 Å². The normalized spacial score (nSPS) is 14.4. The van der Waals surface area contributed by atoms with Crippen molar-refractivity contribution in [3.8, 4) is 5.75 Å². The Hall–Kier alpha value is -0.580. The fourth-order valence-electron chi connectivity index (χ4n) is 1.92. The molecule has 1 aromatic rings. The third kappa shape index (κ3) is 4.59. The SMILES string of the molecule is CCOCC(C)NC(CC)c1cc(Br)ccc1O. The number of phenolic OH excluding ortho intramolecular Hbond substituents is 1. The van der Waals surface area contributed by atoms with Crippen LogP contribution in [-0.4, -0.2) is 24.4 Å². The zero-order chi connectivity index (χ0) is 13.5. The summed E-state index contributed by atoms with van der Waals surface area (Å²) < 4.78 is 6.38. The molecule has 0 saturated carbocycles. The fraction of sp³-hybridized carbons (Fsp3) is 0.571. The average molecular weight is 316 g/mol. The van der Waals surface area contributed by atoms with Gasteiger partial charge in [-0.15, -0.1) is 0 Å². The van der Waals surface area contributed by atoms with E-state index in [1.807, 2.05) is 19.1 Å². The first kappa shape index (κ1) is 15.5. The maximum absolute atomic E-state index is 9.93. The first-order valence-electron chi connectivity index (χ1n) is 6.40. The molecular weight excluding hydrogens is 294 g/mol. The van der Waals surface area contributed by atoms with Gasteiger partial charge in [0.1, 0.15) is 5.75 Å². The minimum atomic E-state index is 0.137. The Morgan fingerprint density at radius 2 is 2.11 bits per heavy atom. The molecule has 0 aromatic heterocycles. The van der Waals surface area contributed by atoms with E-state index in [-0.39, 0.29) is 12.1 Å². The van der Waals surface area contributed by atoms with Gasteiger partial charge >= 0.3 is 0 Å². The van der Waals surface area contributed by atoms with Crippen molar-refractivity contribution in [2.45, 2.75) is 39.3 Å². The van der Waals surface area contributed by atoms with Crippen molar-refractivity contribution in [3.63, 3.8) is 0 Å². The fourth-order valence-corrected chi connectivity index (χ4v) is 2.30. The monoisotopic (exact) mass is 315 g/mol. The standard InChI is InChI=1S/C14H22BrNO2/c1-4-13(16-10(3)9-18-5-2)12-8-11(15)6-7-14(12)17/h6-8,10,13,16-17H,4-5,9H2,1-3H3. The minimum Gasteiger partial charge on any atom is -0.508 e. The molecule has 0 aliphatic carbocycles. The third-order valence-corrected chi connectivity index (χ3v) is 3.32. The summed E-state index contributed by atoms with van der Waals surface area (Å²) in [5.74, 6) is 0.334. The summed E-state index contributed by atoms with van der Waals surface area (Å²) in [5, 5.41) is 13.4. The minimum absolute atomic E-state index is 0.137. The topological polar surface area (TPSA) is 41.5 Å². The Kier molecular flexibility index (Phi) is 6.68. The predicted octanol–water partition coefficient (Wildman–Crippen LogP) is 3.62. The molecule has 0 saturated heterocycles. The van der Waals surface area contributed by atoms with Crippen LogP contribution in [0.15, 0.2) is 22.7 Å². The number of nitrogens with one attached hydrogen (secondary N) is 1. The van der Waals surface area contributed by atoms with E-state index in [1.54, 1.807) is 6.07 Å². The first-order valence-corrected chi connectivity index (χ1v) is 7.20. The van der Waals surface area contributed by atoms with E-state index in [0.717, 1.165) is 23.1 Å². The number of ether oxygens (including phenoxy) is 1. The van der Waals surface area contributed by atoms with Gasteiger partial charge in [0.05, 0.1) is 6.61 Å². The van der Waals surface area contributed by atoms with Gasteiger partial charge in [-0.3, -0.25) is 0 Å². The van der Waals surface area contributed by atoms with E-state index in [9.17, 15) is 5.11 Å². The highest BCUT2D eigenvalue weighted by molar-refractivity contribution is 9.10. The Bertz CT molecular complexity index is 371. The van der Waals surface area contributed by atoms with Crippen LogP contribution in [0.4, 0.5) is 0 Å². The largest absolute Gasteiger partial charge is 0.508 e. The van der Waals surface area contributed by atoms with Crippen LogP contribution in [0.3, 0.4) is 0 Å². The third-order valence-electron chi connectivity index (χ3n) is 2.83. The highest BCUT2D eigenvalue weighted by Crippen LogP contribution is 2.29. The van der Waals surface area contributed by atoms with Crippen LogP contribution in [0.5, 0.6) is 5.75 Å². The zero-order valence-corrected chi connectivity index (χ0v) is 12.8. The molecule has 18 heavy (non-hydrogen) atoms. The lowest BCUT2D eigenvalue weighted by atomic mass is 10.0. The van der Waals surface area contributed by atoms with Gasteiger partial charge in [-0.05, 0) is 38.5 Å². The van der Waals surface area contributed by atoms with Gasteiger partial charge in [-0.2, -0.15) is 0 Å². The van der Waals surface area contributed by atoms with E-state index >= 15 is 0 Å². The molecule has 1 aromatic carbocycles. The van der Waals surface area contributed by atoms with Crippen molar-refractivity contribution in [1.29, 1.82) is 0 Å². The molecule has 0 bridgehead atoms. The van der Waals surface area contributed by atoms with Crippen molar-refractivity contribution < 1.29 is 9.84 Å². The maximum Gasteiger partial charge on any atom is 0.120 e. The second-order valence-corrected chi connectivity index (χ2v) is 5.31. The van der Waals surface area contributed by atoms with Gasteiger partial charge in [-0.25, -0.2) is 0 Å². The van der Waals surface area contributed by atoms with Gasteiger partial charge in [0.2, 0.25) is 0 Å². The first-order chi connectivity index (χ1) is 8.58. The van der Waals surface area contributed by atoms with E-state index in [2.05, 4.69) is 35.1 Å². The number of rotatable bonds is 7. The predicted molar refractivity (Wildman–Crippen MR) is 77.9 cm³/mol. The smallest absolute Gasteiger partial charge is 0.120 e. The van der Waals surface area contributed by atoms with Crippen molar-refractivity contribution in [3.05, 3.63) is 28.2 Å². The highest BCUT2D eigenvalue weighted by Gasteiger charge is 2.16. The van der Waals surface area contributed by atoms with Crippen molar-refractivity contribution in [2.75, 3.05) is 13.2 Å². The molecule has 0 aliphatic heterocycles. The molecule has 0 aliphatic rings. The molecule has 0 spiro atoms. The summed E-state index contributed by atoms with van der Waals surface area (Å²) in [6, 6.07) is 5.92. The molecular formula is C14H22BrNO2. The Balaban J connectivity index is 2.73. The summed E-state index contributed by atoms with van der Waals surface area (Å²) in [5.41, 5.74) is 0.926. The van der Waals surface area contributed by atoms with E-state index in [1.165, 1.54) is 0 Å². The summed E-state index contributed by atoms with van der Waals surface area (Å²) in [6.45, 7) is 7.59. The zero-order valence-electron chi connectivity index (χ0n) is 11.2. The molecule has 102 valence electrons. The van der Waals surface area contributed by atoms with Crippen LogP contribution in [0.2, 0.25) is 0 Å². The number of benzene rings is 1.